The molecule has 5 rings (SSSR count). The maximum atomic E-state index is 14.3. The van der Waals surface area contributed by atoms with Crippen LogP contribution in [0.3, 0.4) is 0 Å². The van der Waals surface area contributed by atoms with Gasteiger partial charge in [0, 0.05) is 47.9 Å². The second kappa shape index (κ2) is 6.68. The third-order valence-electron chi connectivity index (χ3n) is 6.73. The zero-order valence-corrected chi connectivity index (χ0v) is 17.4. The summed E-state index contributed by atoms with van der Waals surface area (Å²) in [6.07, 6.45) is 2.41. The first kappa shape index (κ1) is 20.3. The van der Waals surface area contributed by atoms with Gasteiger partial charge in [0.15, 0.2) is 11.6 Å². The lowest BCUT2D eigenvalue weighted by molar-refractivity contribution is -0.0878. The van der Waals surface area contributed by atoms with Crippen molar-refractivity contribution in [3.8, 4) is 0 Å². The van der Waals surface area contributed by atoms with Gasteiger partial charge < -0.3 is 4.98 Å². The van der Waals surface area contributed by atoms with Gasteiger partial charge in [-0.05, 0) is 50.8 Å². The molecule has 1 N–H and O–H groups in total. The summed E-state index contributed by atoms with van der Waals surface area (Å²) in [4.78, 5) is 14.6. The smallest absolute Gasteiger partial charge is 0.249 e. The first-order chi connectivity index (χ1) is 14.6. The van der Waals surface area contributed by atoms with Crippen LogP contribution in [0.5, 0.6) is 0 Å². The zero-order valence-electron chi connectivity index (χ0n) is 17.4. The van der Waals surface area contributed by atoms with E-state index in [4.69, 9.17) is 5.10 Å². The molecule has 0 bridgehead atoms. The van der Waals surface area contributed by atoms with Crippen LogP contribution in [0.4, 0.5) is 17.6 Å². The number of pyridine rings is 1. The van der Waals surface area contributed by atoms with Gasteiger partial charge in [-0.1, -0.05) is 0 Å². The molecule has 3 aromatic rings. The highest BCUT2D eigenvalue weighted by Crippen LogP contribution is 2.50. The van der Waals surface area contributed by atoms with Crippen molar-refractivity contribution >= 4 is 10.9 Å². The standard InChI is InChI=1S/C23H23F4N3O/c1-22(2)7-3-4-17-15(20(29-30(17)22)13-10-23(26,27)11-13)8-12-9-18(31)28-21-14(12)5-6-16(24)19(21)25/h5-6,9,13H,3-4,7-8,10-11H2,1-2H3,(H,28,31). The molecule has 0 unspecified atom stereocenters. The SMILES string of the molecule is CC1(C)CCCc2c(Cc3cc(=O)[nH]c4c(F)c(F)ccc34)c(C3CC(F)(F)C3)nn21. The van der Waals surface area contributed by atoms with Crippen LogP contribution in [0.2, 0.25) is 0 Å². The first-order valence-corrected chi connectivity index (χ1v) is 10.5. The number of hydrogen-bond donors (Lipinski definition) is 1. The van der Waals surface area contributed by atoms with E-state index >= 15 is 0 Å². The Hall–Kier alpha value is -2.64. The van der Waals surface area contributed by atoms with E-state index in [9.17, 15) is 22.4 Å². The summed E-state index contributed by atoms with van der Waals surface area (Å²) in [5.41, 5.74) is 2.04. The van der Waals surface area contributed by atoms with E-state index < -0.39 is 23.1 Å². The molecule has 0 radical (unpaired) electrons. The van der Waals surface area contributed by atoms with Crippen LogP contribution in [0, 0.1) is 11.6 Å². The molecule has 4 nitrogen and oxygen atoms in total. The molecule has 31 heavy (non-hydrogen) atoms. The topological polar surface area (TPSA) is 50.7 Å². The quantitative estimate of drug-likeness (QED) is 0.579. The highest BCUT2D eigenvalue weighted by molar-refractivity contribution is 5.83. The first-order valence-electron chi connectivity index (χ1n) is 10.5. The molecule has 0 saturated heterocycles. The number of rotatable bonds is 3. The number of hydrogen-bond acceptors (Lipinski definition) is 2. The average Bonchev–Trinajstić information content (AvgIpc) is 3.03. The Bertz CT molecular complexity index is 1250. The van der Waals surface area contributed by atoms with Gasteiger partial charge in [0.25, 0.3) is 0 Å². The molecule has 3 heterocycles. The largest absolute Gasteiger partial charge is 0.319 e. The second-order valence-corrected chi connectivity index (χ2v) is 9.47. The summed E-state index contributed by atoms with van der Waals surface area (Å²) in [5, 5.41) is 5.19. The van der Waals surface area contributed by atoms with Crippen molar-refractivity contribution in [2.45, 2.75) is 69.8 Å². The molecule has 2 aromatic heterocycles. The van der Waals surface area contributed by atoms with Crippen molar-refractivity contribution < 1.29 is 17.6 Å². The van der Waals surface area contributed by atoms with E-state index in [1.54, 1.807) is 0 Å². The van der Waals surface area contributed by atoms with Crippen molar-refractivity contribution in [3.63, 3.8) is 0 Å². The van der Waals surface area contributed by atoms with E-state index in [0.29, 0.717) is 16.6 Å². The molecule has 164 valence electrons. The summed E-state index contributed by atoms with van der Waals surface area (Å²) < 4.78 is 57.3. The fraction of sp³-hybridized carbons (Fsp3) is 0.478. The van der Waals surface area contributed by atoms with Gasteiger partial charge >= 0.3 is 0 Å². The van der Waals surface area contributed by atoms with E-state index in [-0.39, 0.29) is 36.2 Å². The van der Waals surface area contributed by atoms with Crippen LogP contribution in [0.1, 0.15) is 68.0 Å². The summed E-state index contributed by atoms with van der Waals surface area (Å²) in [5.74, 6) is -5.17. The third kappa shape index (κ3) is 3.27. The lowest BCUT2D eigenvalue weighted by Gasteiger charge is -2.34. The van der Waals surface area contributed by atoms with Gasteiger partial charge in [-0.15, -0.1) is 0 Å². The van der Waals surface area contributed by atoms with Crippen LogP contribution in [-0.2, 0) is 18.4 Å². The van der Waals surface area contributed by atoms with Crippen molar-refractivity contribution in [2.75, 3.05) is 0 Å². The number of aromatic nitrogens is 3. The lowest BCUT2D eigenvalue weighted by Crippen LogP contribution is -2.35. The highest BCUT2D eigenvalue weighted by Gasteiger charge is 2.48. The van der Waals surface area contributed by atoms with Crippen LogP contribution in [0.15, 0.2) is 23.0 Å². The molecular weight excluding hydrogens is 410 g/mol. The van der Waals surface area contributed by atoms with Crippen LogP contribution >= 0.6 is 0 Å². The van der Waals surface area contributed by atoms with Crippen molar-refractivity contribution in [1.82, 2.24) is 14.8 Å². The minimum atomic E-state index is -2.68. The molecule has 0 spiro atoms. The predicted molar refractivity (Wildman–Crippen MR) is 109 cm³/mol. The Labute approximate surface area is 176 Å². The summed E-state index contributed by atoms with van der Waals surface area (Å²) in [6, 6.07) is 3.84. The maximum Gasteiger partial charge on any atom is 0.249 e. The second-order valence-electron chi connectivity index (χ2n) is 9.47. The minimum absolute atomic E-state index is 0.180. The third-order valence-corrected chi connectivity index (χ3v) is 6.73. The van der Waals surface area contributed by atoms with Crippen LogP contribution in [0.25, 0.3) is 10.9 Å². The Balaban J connectivity index is 1.67. The Morgan fingerprint density at radius 3 is 2.68 bits per heavy atom. The summed E-state index contributed by atoms with van der Waals surface area (Å²) >= 11 is 0. The predicted octanol–water partition coefficient (Wildman–Crippen LogP) is 5.18. The van der Waals surface area contributed by atoms with Crippen molar-refractivity contribution in [3.05, 3.63) is 62.7 Å². The molecule has 8 heteroatoms. The minimum Gasteiger partial charge on any atom is -0.319 e. The number of nitrogens with one attached hydrogen (secondary N) is 1. The molecule has 1 saturated carbocycles. The number of alkyl halides is 2. The fourth-order valence-corrected chi connectivity index (χ4v) is 5.10. The Morgan fingerprint density at radius 2 is 1.97 bits per heavy atom. The van der Waals surface area contributed by atoms with Gasteiger partial charge in [0.1, 0.15) is 0 Å². The van der Waals surface area contributed by atoms with Gasteiger partial charge in [0.2, 0.25) is 11.5 Å². The maximum absolute atomic E-state index is 14.3. The van der Waals surface area contributed by atoms with Gasteiger partial charge in [-0.25, -0.2) is 17.6 Å². The Kier molecular flexibility index (Phi) is 4.37. The average molecular weight is 433 g/mol. The van der Waals surface area contributed by atoms with Crippen molar-refractivity contribution in [2.24, 2.45) is 0 Å². The number of H-pyrrole nitrogens is 1. The number of fused-ring (bicyclic) bond motifs is 2. The van der Waals surface area contributed by atoms with Gasteiger partial charge in [-0.2, -0.15) is 5.10 Å². The monoisotopic (exact) mass is 433 g/mol. The molecule has 1 aromatic carbocycles. The van der Waals surface area contributed by atoms with Gasteiger partial charge in [0.05, 0.1) is 16.7 Å². The molecule has 0 amide bonds. The number of aromatic amines is 1. The normalized spacial score (nSPS) is 19.9. The highest BCUT2D eigenvalue weighted by atomic mass is 19.3. The number of nitrogens with zero attached hydrogens (tertiary/aromatic N) is 2. The molecule has 1 aliphatic carbocycles. The zero-order chi connectivity index (χ0) is 22.1. The lowest BCUT2D eigenvalue weighted by atomic mass is 9.77. The molecule has 0 atom stereocenters. The molecule has 2 aliphatic rings. The summed E-state index contributed by atoms with van der Waals surface area (Å²) in [6.45, 7) is 4.15. The molecule has 1 fully saturated rings. The van der Waals surface area contributed by atoms with Crippen LogP contribution in [-0.4, -0.2) is 20.7 Å². The van der Waals surface area contributed by atoms with E-state index in [1.807, 2.05) is 4.68 Å². The number of benzene rings is 1. The number of halogens is 4. The van der Waals surface area contributed by atoms with Crippen molar-refractivity contribution in [1.29, 1.82) is 0 Å². The van der Waals surface area contributed by atoms with E-state index in [1.165, 1.54) is 12.1 Å². The Morgan fingerprint density at radius 1 is 1.23 bits per heavy atom. The summed E-state index contributed by atoms with van der Waals surface area (Å²) in [7, 11) is 0. The van der Waals surface area contributed by atoms with Crippen LogP contribution < -0.4 is 5.56 Å². The van der Waals surface area contributed by atoms with E-state index in [2.05, 4.69) is 18.8 Å². The fourth-order valence-electron chi connectivity index (χ4n) is 5.10. The molecular formula is C23H23F4N3O. The molecule has 1 aliphatic heterocycles. The van der Waals surface area contributed by atoms with E-state index in [0.717, 1.165) is 36.6 Å². The van der Waals surface area contributed by atoms with Gasteiger partial charge in [-0.3, -0.25) is 9.48 Å².